The van der Waals surface area contributed by atoms with Crippen LogP contribution in [0.15, 0.2) is 18.2 Å². The summed E-state index contributed by atoms with van der Waals surface area (Å²) < 4.78 is 10.0. The molecule has 0 fully saturated rings. The zero-order chi connectivity index (χ0) is 14.4. The maximum absolute atomic E-state index is 11.9. The molecular formula is C12H15NO6. The van der Waals surface area contributed by atoms with Gasteiger partial charge in [0, 0.05) is 11.6 Å². The molecule has 0 aliphatic heterocycles. The van der Waals surface area contributed by atoms with Crippen molar-refractivity contribution in [2.24, 2.45) is 0 Å². The van der Waals surface area contributed by atoms with Crippen molar-refractivity contribution in [2.45, 2.75) is 6.04 Å². The predicted molar refractivity (Wildman–Crippen MR) is 65.5 cm³/mol. The second-order valence-electron chi connectivity index (χ2n) is 3.65. The van der Waals surface area contributed by atoms with E-state index in [2.05, 4.69) is 5.32 Å². The summed E-state index contributed by atoms with van der Waals surface area (Å²) in [5.74, 6) is -1.15. The van der Waals surface area contributed by atoms with Crippen molar-refractivity contribution in [1.82, 2.24) is 5.32 Å². The summed E-state index contributed by atoms with van der Waals surface area (Å²) in [6.07, 6.45) is 0. The quantitative estimate of drug-likeness (QED) is 0.665. The zero-order valence-electron chi connectivity index (χ0n) is 10.5. The molecule has 7 nitrogen and oxygen atoms in total. The highest BCUT2D eigenvalue weighted by Crippen LogP contribution is 2.22. The van der Waals surface area contributed by atoms with E-state index in [-0.39, 0.29) is 5.56 Å². The maximum atomic E-state index is 11.9. The molecule has 1 atom stereocenters. The Morgan fingerprint density at radius 1 is 1.21 bits per heavy atom. The molecule has 0 saturated heterocycles. The van der Waals surface area contributed by atoms with E-state index in [0.717, 1.165) is 0 Å². The summed E-state index contributed by atoms with van der Waals surface area (Å²) in [7, 11) is 2.87. The fourth-order valence-corrected chi connectivity index (χ4v) is 1.37. The molecule has 0 heterocycles. The van der Waals surface area contributed by atoms with Gasteiger partial charge in [-0.15, -0.1) is 0 Å². The maximum Gasteiger partial charge on any atom is 0.328 e. The summed E-state index contributed by atoms with van der Waals surface area (Å²) in [6, 6.07) is 3.10. The van der Waals surface area contributed by atoms with Crippen LogP contribution in [-0.4, -0.2) is 49.0 Å². The van der Waals surface area contributed by atoms with Gasteiger partial charge >= 0.3 is 5.97 Å². The number of carboxylic acid groups (broad SMARTS) is 1. The number of ether oxygens (including phenoxy) is 2. The molecule has 7 heteroatoms. The zero-order valence-corrected chi connectivity index (χ0v) is 10.5. The van der Waals surface area contributed by atoms with Gasteiger partial charge in [-0.3, -0.25) is 4.79 Å². The van der Waals surface area contributed by atoms with Crippen LogP contribution in [0.3, 0.4) is 0 Å². The number of aliphatic hydroxyl groups excluding tert-OH is 1. The Morgan fingerprint density at radius 2 is 1.74 bits per heavy atom. The van der Waals surface area contributed by atoms with E-state index in [4.69, 9.17) is 19.7 Å². The van der Waals surface area contributed by atoms with Crippen molar-refractivity contribution in [3.8, 4) is 11.5 Å². The Kier molecular flexibility index (Phi) is 5.13. The molecule has 1 amide bonds. The first-order chi connectivity index (χ1) is 9.01. The highest BCUT2D eigenvalue weighted by Gasteiger charge is 2.20. The van der Waals surface area contributed by atoms with Gasteiger partial charge in [0.15, 0.2) is 6.04 Å². The van der Waals surface area contributed by atoms with Crippen molar-refractivity contribution in [2.75, 3.05) is 20.8 Å². The number of carbonyl (C=O) groups excluding carboxylic acids is 1. The lowest BCUT2D eigenvalue weighted by Crippen LogP contribution is -2.43. The number of aliphatic hydroxyl groups is 1. The van der Waals surface area contributed by atoms with Crippen LogP contribution in [0.2, 0.25) is 0 Å². The summed E-state index contributed by atoms with van der Waals surface area (Å²) in [5.41, 5.74) is 0.177. The Hall–Kier alpha value is -2.28. The van der Waals surface area contributed by atoms with Crippen molar-refractivity contribution in [3.63, 3.8) is 0 Å². The number of hydrogen-bond acceptors (Lipinski definition) is 5. The Balaban J connectivity index is 2.95. The summed E-state index contributed by atoms with van der Waals surface area (Å²) in [5, 5.41) is 19.8. The summed E-state index contributed by atoms with van der Waals surface area (Å²) >= 11 is 0. The third kappa shape index (κ3) is 3.85. The number of rotatable bonds is 6. The summed E-state index contributed by atoms with van der Waals surface area (Å²) in [6.45, 7) is -0.692. The van der Waals surface area contributed by atoms with Gasteiger partial charge in [0.2, 0.25) is 0 Å². The SMILES string of the molecule is COc1cc(OC)cc(C(=O)NC(CO)C(=O)O)c1. The molecule has 1 aromatic rings. The van der Waals surface area contributed by atoms with Crippen LogP contribution in [-0.2, 0) is 4.79 Å². The fourth-order valence-electron chi connectivity index (χ4n) is 1.37. The van der Waals surface area contributed by atoms with Gasteiger partial charge in [-0.25, -0.2) is 4.79 Å². The normalized spacial score (nSPS) is 11.5. The van der Waals surface area contributed by atoms with Crippen molar-refractivity contribution < 1.29 is 29.3 Å². The van der Waals surface area contributed by atoms with E-state index in [1.807, 2.05) is 0 Å². The molecule has 19 heavy (non-hydrogen) atoms. The first-order valence-corrected chi connectivity index (χ1v) is 5.39. The van der Waals surface area contributed by atoms with Crippen molar-refractivity contribution >= 4 is 11.9 Å². The van der Waals surface area contributed by atoms with Crippen LogP contribution in [0.4, 0.5) is 0 Å². The van der Waals surface area contributed by atoms with Crippen LogP contribution < -0.4 is 14.8 Å². The molecular weight excluding hydrogens is 254 g/mol. The highest BCUT2D eigenvalue weighted by molar-refractivity contribution is 5.97. The third-order valence-electron chi connectivity index (χ3n) is 2.40. The van der Waals surface area contributed by atoms with Gasteiger partial charge < -0.3 is 25.0 Å². The highest BCUT2D eigenvalue weighted by atomic mass is 16.5. The molecule has 1 rings (SSSR count). The minimum absolute atomic E-state index is 0.177. The van der Waals surface area contributed by atoms with Crippen molar-refractivity contribution in [3.05, 3.63) is 23.8 Å². The Bertz CT molecular complexity index is 451. The molecule has 0 radical (unpaired) electrons. The average molecular weight is 269 g/mol. The van der Waals surface area contributed by atoms with Crippen molar-refractivity contribution in [1.29, 1.82) is 0 Å². The second-order valence-corrected chi connectivity index (χ2v) is 3.65. The number of carbonyl (C=O) groups is 2. The first-order valence-electron chi connectivity index (χ1n) is 5.39. The molecule has 1 unspecified atom stereocenters. The number of aliphatic carboxylic acids is 1. The molecule has 3 N–H and O–H groups in total. The predicted octanol–water partition coefficient (Wildman–Crippen LogP) is -0.121. The van der Waals surface area contributed by atoms with Gasteiger partial charge in [0.25, 0.3) is 5.91 Å². The van der Waals surface area contributed by atoms with E-state index >= 15 is 0 Å². The van der Waals surface area contributed by atoms with Crippen LogP contribution in [0.25, 0.3) is 0 Å². The number of carboxylic acids is 1. The van der Waals surface area contributed by atoms with E-state index in [1.54, 1.807) is 6.07 Å². The minimum Gasteiger partial charge on any atom is -0.497 e. The monoisotopic (exact) mass is 269 g/mol. The molecule has 0 aliphatic rings. The minimum atomic E-state index is -1.36. The van der Waals surface area contributed by atoms with Gasteiger partial charge in [-0.05, 0) is 12.1 Å². The third-order valence-corrected chi connectivity index (χ3v) is 2.40. The first kappa shape index (κ1) is 14.8. The lowest BCUT2D eigenvalue weighted by atomic mass is 10.1. The van der Waals surface area contributed by atoms with E-state index in [1.165, 1.54) is 26.4 Å². The van der Waals surface area contributed by atoms with Crippen LogP contribution in [0.5, 0.6) is 11.5 Å². The lowest BCUT2D eigenvalue weighted by Gasteiger charge is -2.13. The number of nitrogens with one attached hydrogen (secondary N) is 1. The Labute approximate surface area is 109 Å². The van der Waals surface area contributed by atoms with Crippen LogP contribution in [0, 0.1) is 0 Å². The van der Waals surface area contributed by atoms with Gasteiger partial charge in [-0.1, -0.05) is 0 Å². The second kappa shape index (κ2) is 6.60. The molecule has 0 bridgehead atoms. The average Bonchev–Trinajstić information content (AvgIpc) is 2.43. The summed E-state index contributed by atoms with van der Waals surface area (Å²) in [4.78, 5) is 22.6. The van der Waals surface area contributed by atoms with E-state index < -0.39 is 24.5 Å². The lowest BCUT2D eigenvalue weighted by molar-refractivity contribution is -0.140. The number of hydrogen-bond donors (Lipinski definition) is 3. The van der Waals surface area contributed by atoms with Gasteiger partial charge in [0.05, 0.1) is 20.8 Å². The van der Waals surface area contributed by atoms with Crippen LogP contribution >= 0.6 is 0 Å². The molecule has 0 aromatic heterocycles. The molecule has 104 valence electrons. The molecule has 1 aromatic carbocycles. The molecule has 0 aliphatic carbocycles. The van der Waals surface area contributed by atoms with E-state index in [0.29, 0.717) is 11.5 Å². The van der Waals surface area contributed by atoms with Gasteiger partial charge in [-0.2, -0.15) is 0 Å². The largest absolute Gasteiger partial charge is 0.497 e. The van der Waals surface area contributed by atoms with Crippen LogP contribution in [0.1, 0.15) is 10.4 Å². The number of amides is 1. The Morgan fingerprint density at radius 3 is 2.11 bits per heavy atom. The van der Waals surface area contributed by atoms with Gasteiger partial charge in [0.1, 0.15) is 11.5 Å². The topological polar surface area (TPSA) is 105 Å². The molecule has 0 spiro atoms. The number of methoxy groups -OCH3 is 2. The fraction of sp³-hybridized carbons (Fsp3) is 0.333. The van der Waals surface area contributed by atoms with E-state index in [9.17, 15) is 9.59 Å². The number of benzene rings is 1. The molecule has 0 saturated carbocycles. The standard InChI is InChI=1S/C12H15NO6/c1-18-8-3-7(4-9(5-8)19-2)11(15)13-10(6-14)12(16)17/h3-5,10,14H,6H2,1-2H3,(H,13,15)(H,16,17). The smallest absolute Gasteiger partial charge is 0.328 e.